The maximum absolute atomic E-state index is 13.0. The topological polar surface area (TPSA) is 97.8 Å². The second kappa shape index (κ2) is 9.45. The largest absolute Gasteiger partial charge is 0.491 e. The first-order valence-electron chi connectivity index (χ1n) is 11.9. The van der Waals surface area contributed by atoms with Crippen molar-refractivity contribution in [3.05, 3.63) is 71.4 Å². The molecule has 1 aromatic heterocycles. The van der Waals surface area contributed by atoms with Crippen LogP contribution in [0.15, 0.2) is 54.7 Å². The number of aromatic nitrogens is 1. The van der Waals surface area contributed by atoms with Crippen LogP contribution in [0.25, 0.3) is 11.1 Å². The van der Waals surface area contributed by atoms with E-state index in [0.29, 0.717) is 41.5 Å². The van der Waals surface area contributed by atoms with Gasteiger partial charge in [-0.3, -0.25) is 19.3 Å². The van der Waals surface area contributed by atoms with Crippen molar-refractivity contribution in [2.45, 2.75) is 39.8 Å². The van der Waals surface area contributed by atoms with E-state index in [1.54, 1.807) is 36.5 Å². The van der Waals surface area contributed by atoms with E-state index in [1.165, 1.54) is 11.8 Å². The van der Waals surface area contributed by atoms with Crippen LogP contribution in [-0.2, 0) is 11.4 Å². The van der Waals surface area contributed by atoms with Gasteiger partial charge < -0.3 is 14.8 Å². The number of imide groups is 1. The van der Waals surface area contributed by atoms with E-state index in [0.717, 1.165) is 16.7 Å². The van der Waals surface area contributed by atoms with Gasteiger partial charge in [-0.2, -0.15) is 0 Å². The molecule has 3 amide bonds. The van der Waals surface area contributed by atoms with Crippen LogP contribution < -0.4 is 14.8 Å². The van der Waals surface area contributed by atoms with Crippen LogP contribution in [0.3, 0.4) is 0 Å². The number of fused-ring (bicyclic) bond motifs is 4. The smallest absolute Gasteiger partial charge is 0.261 e. The minimum absolute atomic E-state index is 0.191. The van der Waals surface area contributed by atoms with Crippen LogP contribution in [0, 0.1) is 5.92 Å². The Balaban J connectivity index is 1.36. The Morgan fingerprint density at radius 1 is 1.06 bits per heavy atom. The molecule has 3 heterocycles. The van der Waals surface area contributed by atoms with Gasteiger partial charge in [-0.25, -0.2) is 4.98 Å². The van der Waals surface area contributed by atoms with Crippen LogP contribution >= 0.6 is 0 Å². The molecule has 2 aromatic carbocycles. The Labute approximate surface area is 209 Å². The van der Waals surface area contributed by atoms with E-state index in [2.05, 4.69) is 24.1 Å². The maximum Gasteiger partial charge on any atom is 0.261 e. The van der Waals surface area contributed by atoms with Gasteiger partial charge in [-0.1, -0.05) is 32.0 Å². The van der Waals surface area contributed by atoms with Crippen LogP contribution in [0.4, 0.5) is 5.82 Å². The normalized spacial score (nSPS) is 14.6. The average molecular weight is 486 g/mol. The van der Waals surface area contributed by atoms with E-state index in [-0.39, 0.29) is 30.2 Å². The molecule has 8 nitrogen and oxygen atoms in total. The van der Waals surface area contributed by atoms with Gasteiger partial charge in [0, 0.05) is 18.1 Å². The second-order valence-electron chi connectivity index (χ2n) is 9.47. The zero-order valence-corrected chi connectivity index (χ0v) is 20.4. The Morgan fingerprint density at radius 3 is 2.44 bits per heavy atom. The van der Waals surface area contributed by atoms with Crippen LogP contribution in [-0.4, -0.2) is 40.3 Å². The summed E-state index contributed by atoms with van der Waals surface area (Å²) in [5.74, 6) is 1.25. The number of nitrogens with zero attached hydrogens (tertiary/aromatic N) is 2. The predicted octanol–water partition coefficient (Wildman–Crippen LogP) is 4.69. The maximum atomic E-state index is 13.0. The monoisotopic (exact) mass is 485 g/mol. The molecule has 2 aliphatic heterocycles. The molecule has 0 aliphatic carbocycles. The van der Waals surface area contributed by atoms with E-state index < -0.39 is 6.04 Å². The van der Waals surface area contributed by atoms with Crippen molar-refractivity contribution in [2.24, 2.45) is 5.92 Å². The summed E-state index contributed by atoms with van der Waals surface area (Å²) < 4.78 is 12.0. The third kappa shape index (κ3) is 4.42. The number of benzene rings is 2. The van der Waals surface area contributed by atoms with Crippen molar-refractivity contribution < 1.29 is 23.9 Å². The molecule has 0 saturated carbocycles. The van der Waals surface area contributed by atoms with Crippen molar-refractivity contribution in [3.63, 3.8) is 0 Å². The number of amides is 3. The Kier molecular flexibility index (Phi) is 6.18. The van der Waals surface area contributed by atoms with Crippen LogP contribution in [0.2, 0.25) is 0 Å². The van der Waals surface area contributed by atoms with E-state index >= 15 is 0 Å². The molecule has 0 saturated heterocycles. The Bertz CT molecular complexity index is 1330. The number of pyridine rings is 1. The first-order chi connectivity index (χ1) is 17.3. The van der Waals surface area contributed by atoms with Gasteiger partial charge in [0.25, 0.3) is 11.8 Å². The molecule has 3 aromatic rings. The summed E-state index contributed by atoms with van der Waals surface area (Å²) in [5.41, 5.74) is 3.62. The number of rotatable bonds is 7. The zero-order chi connectivity index (χ0) is 25.4. The second-order valence-corrected chi connectivity index (χ2v) is 9.47. The average Bonchev–Trinajstić information content (AvgIpc) is 3.11. The summed E-state index contributed by atoms with van der Waals surface area (Å²) in [4.78, 5) is 43.1. The lowest BCUT2D eigenvalue weighted by molar-refractivity contribution is -0.114. The number of hydrogen-bond donors (Lipinski definition) is 1. The van der Waals surface area contributed by atoms with Crippen molar-refractivity contribution in [1.29, 1.82) is 0 Å². The zero-order valence-electron chi connectivity index (χ0n) is 20.4. The molecule has 1 N–H and O–H groups in total. The molecule has 0 radical (unpaired) electrons. The first-order valence-corrected chi connectivity index (χ1v) is 11.9. The first kappa shape index (κ1) is 23.5. The quantitative estimate of drug-likeness (QED) is 0.488. The SMILES string of the molecule is CC(=O)Nc1cc2c(cn1)OCc1cc(OCC(CC(C)C)N3C(=O)c4ccccc4C3=O)ccc1-2. The van der Waals surface area contributed by atoms with Gasteiger partial charge in [0.15, 0.2) is 0 Å². The van der Waals surface area contributed by atoms with Crippen molar-refractivity contribution >= 4 is 23.5 Å². The lowest BCUT2D eigenvalue weighted by Gasteiger charge is -2.28. The highest BCUT2D eigenvalue weighted by atomic mass is 16.5. The lowest BCUT2D eigenvalue weighted by atomic mass is 9.97. The molecule has 0 bridgehead atoms. The molecule has 0 fully saturated rings. The Hall–Kier alpha value is -4.20. The number of carbonyl (C=O) groups is 3. The van der Waals surface area contributed by atoms with Crippen molar-refractivity contribution in [2.75, 3.05) is 11.9 Å². The van der Waals surface area contributed by atoms with Gasteiger partial charge in [0.1, 0.15) is 30.5 Å². The van der Waals surface area contributed by atoms with Crippen LogP contribution in [0.5, 0.6) is 11.5 Å². The fraction of sp³-hybridized carbons (Fsp3) is 0.286. The highest BCUT2D eigenvalue weighted by Crippen LogP contribution is 2.39. The van der Waals surface area contributed by atoms with E-state index in [1.807, 2.05) is 18.2 Å². The highest BCUT2D eigenvalue weighted by Gasteiger charge is 2.40. The fourth-order valence-corrected chi connectivity index (χ4v) is 4.74. The molecule has 1 atom stereocenters. The number of ether oxygens (including phenoxy) is 2. The summed E-state index contributed by atoms with van der Waals surface area (Å²) in [6.07, 6.45) is 2.23. The van der Waals surface area contributed by atoms with Gasteiger partial charge in [0.2, 0.25) is 5.91 Å². The summed E-state index contributed by atoms with van der Waals surface area (Å²) in [7, 11) is 0. The number of nitrogens with one attached hydrogen (secondary N) is 1. The molecule has 8 heteroatoms. The molecular weight excluding hydrogens is 458 g/mol. The minimum atomic E-state index is -0.392. The van der Waals surface area contributed by atoms with Crippen molar-refractivity contribution in [3.8, 4) is 22.6 Å². The number of hydrogen-bond acceptors (Lipinski definition) is 6. The van der Waals surface area contributed by atoms with Gasteiger partial charge in [-0.15, -0.1) is 0 Å². The summed E-state index contributed by atoms with van der Waals surface area (Å²) >= 11 is 0. The Morgan fingerprint density at radius 2 is 1.78 bits per heavy atom. The van der Waals surface area contributed by atoms with E-state index in [9.17, 15) is 14.4 Å². The third-order valence-electron chi connectivity index (χ3n) is 6.30. The summed E-state index contributed by atoms with van der Waals surface area (Å²) in [5, 5.41) is 2.70. The molecule has 36 heavy (non-hydrogen) atoms. The number of carbonyl (C=O) groups excluding carboxylic acids is 3. The van der Waals surface area contributed by atoms with Gasteiger partial charge in [-0.05, 0) is 48.2 Å². The number of anilines is 1. The highest BCUT2D eigenvalue weighted by molar-refractivity contribution is 6.21. The standard InChI is InChI=1S/C28H27N3O5/c1-16(2)10-19(31-27(33)22-6-4-5-7-23(22)28(31)34)15-35-20-8-9-21-18(11-20)14-36-25-13-29-26(12-24(21)25)30-17(3)32/h4-9,11-13,16,19H,10,14-15H2,1-3H3,(H,29,30,32). The summed E-state index contributed by atoms with van der Waals surface area (Å²) in [6.45, 7) is 6.10. The van der Waals surface area contributed by atoms with Crippen molar-refractivity contribution in [1.82, 2.24) is 9.88 Å². The third-order valence-corrected chi connectivity index (χ3v) is 6.30. The lowest BCUT2D eigenvalue weighted by Crippen LogP contribution is -2.44. The van der Waals surface area contributed by atoms with Crippen LogP contribution in [0.1, 0.15) is 53.5 Å². The minimum Gasteiger partial charge on any atom is -0.491 e. The molecule has 184 valence electrons. The van der Waals surface area contributed by atoms with E-state index in [4.69, 9.17) is 9.47 Å². The molecule has 0 spiro atoms. The predicted molar refractivity (Wildman–Crippen MR) is 134 cm³/mol. The molecule has 2 aliphatic rings. The van der Waals surface area contributed by atoms with Gasteiger partial charge >= 0.3 is 0 Å². The molecule has 5 rings (SSSR count). The fourth-order valence-electron chi connectivity index (χ4n) is 4.74. The molecule has 1 unspecified atom stereocenters. The molecular formula is C28H27N3O5. The summed E-state index contributed by atoms with van der Waals surface area (Å²) in [6, 6.07) is 14.0. The van der Waals surface area contributed by atoms with Gasteiger partial charge in [0.05, 0.1) is 23.4 Å².